The lowest BCUT2D eigenvalue weighted by Gasteiger charge is -2.24. The van der Waals surface area contributed by atoms with Crippen LogP contribution in [-0.4, -0.2) is 23.5 Å². The Hall–Kier alpha value is -1.01. The minimum Gasteiger partial charge on any atom is -0.366 e. The summed E-state index contributed by atoms with van der Waals surface area (Å²) in [7, 11) is 0. The van der Waals surface area contributed by atoms with Crippen LogP contribution in [0.1, 0.15) is 48.0 Å². The number of halogens is 3. The van der Waals surface area contributed by atoms with Crippen LogP contribution in [0.4, 0.5) is 13.2 Å². The number of hydrogen-bond acceptors (Lipinski definition) is 3. The van der Waals surface area contributed by atoms with E-state index in [0.717, 1.165) is 25.7 Å². The fourth-order valence-electron chi connectivity index (χ4n) is 3.23. The van der Waals surface area contributed by atoms with Crippen LogP contribution in [0, 0.1) is 0 Å². The quantitative estimate of drug-likeness (QED) is 0.748. The first-order valence-electron chi connectivity index (χ1n) is 7.51. The average Bonchev–Trinajstić information content (AvgIpc) is 2.76. The van der Waals surface area contributed by atoms with Crippen LogP contribution in [0.25, 0.3) is 0 Å². The number of ether oxygens (including phenoxy) is 1. The summed E-state index contributed by atoms with van der Waals surface area (Å²) in [4.78, 5) is 12.5. The molecule has 1 fully saturated rings. The van der Waals surface area contributed by atoms with Gasteiger partial charge in [0, 0.05) is 16.9 Å². The summed E-state index contributed by atoms with van der Waals surface area (Å²) in [6.07, 6.45) is 5.07. The van der Waals surface area contributed by atoms with Crippen molar-refractivity contribution in [3.63, 3.8) is 0 Å². The number of Topliss-reactive ketones (excluding diaryl/α,β-unsaturated/α-hetero) is 1. The molecule has 0 heterocycles. The van der Waals surface area contributed by atoms with Gasteiger partial charge in [0.15, 0.2) is 5.78 Å². The number of carbonyl (C=O) groups excluding carboxylic acids is 1. The van der Waals surface area contributed by atoms with E-state index in [1.807, 2.05) is 0 Å². The zero-order valence-electron chi connectivity index (χ0n) is 12.0. The van der Waals surface area contributed by atoms with Crippen molar-refractivity contribution in [3.05, 3.63) is 29.3 Å². The summed E-state index contributed by atoms with van der Waals surface area (Å²) >= 11 is -0.218. The molecule has 2 nitrogen and oxygen atoms in total. The number of thioether (sulfide) groups is 1. The molecule has 0 radical (unpaired) electrons. The van der Waals surface area contributed by atoms with E-state index < -0.39 is 11.6 Å². The van der Waals surface area contributed by atoms with Crippen LogP contribution in [0.15, 0.2) is 23.1 Å². The van der Waals surface area contributed by atoms with Gasteiger partial charge in [0.1, 0.15) is 6.10 Å². The normalized spacial score (nSPS) is 22.9. The Bertz CT molecular complexity index is 565. The van der Waals surface area contributed by atoms with Gasteiger partial charge in [-0.25, -0.2) is 0 Å². The number of fused-ring (bicyclic) bond motifs is 1. The molecular weight excluding hydrogens is 313 g/mol. The van der Waals surface area contributed by atoms with Crippen LogP contribution in [0.5, 0.6) is 0 Å². The largest absolute Gasteiger partial charge is 0.446 e. The fourth-order valence-corrected chi connectivity index (χ4v) is 3.96. The summed E-state index contributed by atoms with van der Waals surface area (Å²) in [5.41, 5.74) is -3.52. The Morgan fingerprint density at radius 2 is 1.86 bits per heavy atom. The molecule has 0 N–H and O–H groups in total. The number of benzene rings is 1. The standard InChI is InChI=1S/C16H17F3O2S/c17-16(18,19)22-13-8-4-5-10-9-12(15(20)14(10)13)21-11-6-2-1-3-7-11/h4-5,8,11-12H,1-3,6-7,9H2. The summed E-state index contributed by atoms with van der Waals surface area (Å²) < 4.78 is 43.8. The lowest BCUT2D eigenvalue weighted by atomic mass is 9.97. The molecule has 22 heavy (non-hydrogen) atoms. The lowest BCUT2D eigenvalue weighted by molar-refractivity contribution is -0.0328. The van der Waals surface area contributed by atoms with E-state index in [0.29, 0.717) is 12.0 Å². The highest BCUT2D eigenvalue weighted by atomic mass is 32.2. The second-order valence-corrected chi connectivity index (χ2v) is 6.90. The maximum Gasteiger partial charge on any atom is 0.446 e. The van der Waals surface area contributed by atoms with Crippen molar-refractivity contribution in [3.8, 4) is 0 Å². The second kappa shape index (κ2) is 6.24. The smallest absolute Gasteiger partial charge is 0.366 e. The Labute approximate surface area is 131 Å². The monoisotopic (exact) mass is 330 g/mol. The summed E-state index contributed by atoms with van der Waals surface area (Å²) in [5, 5.41) is 0. The van der Waals surface area contributed by atoms with Gasteiger partial charge in [-0.05, 0) is 36.2 Å². The predicted molar refractivity (Wildman–Crippen MR) is 78.1 cm³/mol. The van der Waals surface area contributed by atoms with E-state index in [4.69, 9.17) is 4.74 Å². The summed E-state index contributed by atoms with van der Waals surface area (Å²) in [6.45, 7) is 0. The first-order chi connectivity index (χ1) is 10.4. The van der Waals surface area contributed by atoms with Crippen molar-refractivity contribution in [1.82, 2.24) is 0 Å². The molecule has 120 valence electrons. The average molecular weight is 330 g/mol. The number of rotatable bonds is 3. The molecule has 3 rings (SSSR count). The molecule has 2 aliphatic rings. The fraction of sp³-hybridized carbons (Fsp3) is 0.562. The van der Waals surface area contributed by atoms with Crippen molar-refractivity contribution in [2.45, 2.75) is 61.1 Å². The number of carbonyl (C=O) groups is 1. The molecule has 0 bridgehead atoms. The topological polar surface area (TPSA) is 26.3 Å². The van der Waals surface area contributed by atoms with Crippen LogP contribution in [-0.2, 0) is 11.2 Å². The first-order valence-corrected chi connectivity index (χ1v) is 8.33. The zero-order chi connectivity index (χ0) is 15.7. The van der Waals surface area contributed by atoms with Gasteiger partial charge in [0.2, 0.25) is 0 Å². The molecule has 0 saturated heterocycles. The lowest BCUT2D eigenvalue weighted by Crippen LogP contribution is -2.28. The van der Waals surface area contributed by atoms with Gasteiger partial charge < -0.3 is 4.74 Å². The molecule has 0 aromatic heterocycles. The van der Waals surface area contributed by atoms with Crippen molar-refractivity contribution in [1.29, 1.82) is 0 Å². The van der Waals surface area contributed by atoms with Crippen molar-refractivity contribution >= 4 is 17.5 Å². The van der Waals surface area contributed by atoms with Gasteiger partial charge in [-0.1, -0.05) is 31.4 Å². The minimum absolute atomic E-state index is 0.00950. The van der Waals surface area contributed by atoms with E-state index in [2.05, 4.69) is 0 Å². The first kappa shape index (κ1) is 15.9. The molecular formula is C16H17F3O2S. The zero-order valence-corrected chi connectivity index (χ0v) is 12.8. The molecule has 0 spiro atoms. The predicted octanol–water partition coefficient (Wildman–Crippen LogP) is 4.76. The molecule has 1 saturated carbocycles. The molecule has 0 amide bonds. The molecule has 1 unspecified atom stereocenters. The van der Waals surface area contributed by atoms with Crippen LogP contribution < -0.4 is 0 Å². The van der Waals surface area contributed by atoms with Gasteiger partial charge in [0.25, 0.3) is 0 Å². The van der Waals surface area contributed by atoms with E-state index >= 15 is 0 Å². The van der Waals surface area contributed by atoms with Gasteiger partial charge in [-0.15, -0.1) is 0 Å². The molecule has 1 aromatic carbocycles. The maximum atomic E-state index is 12.6. The van der Waals surface area contributed by atoms with Crippen LogP contribution in [0.2, 0.25) is 0 Å². The Morgan fingerprint density at radius 1 is 1.14 bits per heavy atom. The SMILES string of the molecule is O=C1c2c(cccc2SC(F)(F)F)CC1OC1CCCCC1. The highest BCUT2D eigenvalue weighted by Crippen LogP contribution is 2.42. The Morgan fingerprint density at radius 3 is 2.55 bits per heavy atom. The van der Waals surface area contributed by atoms with E-state index in [1.54, 1.807) is 12.1 Å². The summed E-state index contributed by atoms with van der Waals surface area (Å²) in [6, 6.07) is 4.65. The van der Waals surface area contributed by atoms with Gasteiger partial charge >= 0.3 is 5.51 Å². The molecule has 0 aliphatic heterocycles. The van der Waals surface area contributed by atoms with Crippen molar-refractivity contribution < 1.29 is 22.7 Å². The third-order valence-corrected chi connectivity index (χ3v) is 4.98. The molecule has 2 aliphatic carbocycles. The van der Waals surface area contributed by atoms with Gasteiger partial charge in [-0.3, -0.25) is 4.79 Å². The summed E-state index contributed by atoms with van der Waals surface area (Å²) in [5.74, 6) is -0.298. The molecule has 1 atom stereocenters. The van der Waals surface area contributed by atoms with Crippen molar-refractivity contribution in [2.75, 3.05) is 0 Å². The molecule has 6 heteroatoms. The molecule has 1 aromatic rings. The van der Waals surface area contributed by atoms with E-state index in [-0.39, 0.29) is 34.1 Å². The van der Waals surface area contributed by atoms with Gasteiger partial charge in [-0.2, -0.15) is 13.2 Å². The Balaban J connectivity index is 1.77. The van der Waals surface area contributed by atoms with E-state index in [1.165, 1.54) is 12.5 Å². The van der Waals surface area contributed by atoms with Crippen LogP contribution in [0.3, 0.4) is 0 Å². The number of alkyl halides is 3. The minimum atomic E-state index is -4.39. The maximum absolute atomic E-state index is 12.6. The third-order valence-electron chi connectivity index (χ3n) is 4.19. The van der Waals surface area contributed by atoms with Crippen LogP contribution >= 0.6 is 11.8 Å². The van der Waals surface area contributed by atoms with Gasteiger partial charge in [0.05, 0.1) is 6.10 Å². The number of hydrogen-bond donors (Lipinski definition) is 0. The Kier molecular flexibility index (Phi) is 4.50. The highest BCUT2D eigenvalue weighted by molar-refractivity contribution is 8.00. The third kappa shape index (κ3) is 3.49. The van der Waals surface area contributed by atoms with Crippen molar-refractivity contribution in [2.24, 2.45) is 0 Å². The van der Waals surface area contributed by atoms with E-state index in [9.17, 15) is 18.0 Å². The number of ketones is 1. The second-order valence-electron chi connectivity index (χ2n) is 5.79. The highest BCUT2D eigenvalue weighted by Gasteiger charge is 2.38.